The van der Waals surface area contributed by atoms with E-state index in [9.17, 15) is 35.4 Å². The topological polar surface area (TPSA) is 238 Å². The van der Waals surface area contributed by atoms with Gasteiger partial charge in [0.15, 0.2) is 35.8 Å². The Morgan fingerprint density at radius 2 is 1.74 bits per heavy atom. The molecule has 4 heterocycles. The number of aryl methyl sites for hydroxylation is 2. The number of phenols is 2. The van der Waals surface area contributed by atoms with Crippen LogP contribution in [0.1, 0.15) is 124 Å². The van der Waals surface area contributed by atoms with Crippen molar-refractivity contribution in [1.82, 2.24) is 10.6 Å². The van der Waals surface area contributed by atoms with Gasteiger partial charge in [-0.15, -0.1) is 0 Å². The summed E-state index contributed by atoms with van der Waals surface area (Å²) in [5.74, 6) is 16.7. The van der Waals surface area contributed by atoms with Crippen molar-refractivity contribution in [3.63, 3.8) is 0 Å². The molecule has 422 valence electrons. The number of aliphatic imine (C=N–C) groups is 1. The highest BCUT2D eigenvalue weighted by Gasteiger charge is 2.52. The summed E-state index contributed by atoms with van der Waals surface area (Å²) in [6, 6.07) is 12.3. The minimum atomic E-state index is -1.27. The predicted molar refractivity (Wildman–Crippen MR) is 304 cm³/mol. The first-order chi connectivity index (χ1) is 37.7. The maximum atomic E-state index is 13.4. The zero-order chi connectivity index (χ0) is 55.0. The number of ether oxygens (including phenoxy) is 4. The van der Waals surface area contributed by atoms with Gasteiger partial charge in [0, 0.05) is 72.8 Å². The third kappa shape index (κ3) is 13.7. The molecule has 0 aromatic heterocycles. The van der Waals surface area contributed by atoms with E-state index in [1.165, 1.54) is 11.6 Å². The van der Waals surface area contributed by atoms with E-state index in [0.29, 0.717) is 77.9 Å². The molecule has 0 saturated heterocycles. The largest absolute Gasteiger partial charge is 0.508 e. The fourth-order valence-electron chi connectivity index (χ4n) is 13.4. The fourth-order valence-corrected chi connectivity index (χ4v) is 16.2. The summed E-state index contributed by atoms with van der Waals surface area (Å²) in [5.41, 5.74) is 11.0. The zero-order valence-electron chi connectivity index (χ0n) is 45.4. The number of rotatable bonds is 10. The van der Waals surface area contributed by atoms with Gasteiger partial charge in [0.2, 0.25) is 6.29 Å². The summed E-state index contributed by atoms with van der Waals surface area (Å²) < 4.78 is 25.2. The summed E-state index contributed by atoms with van der Waals surface area (Å²) in [6.07, 6.45) is 8.08. The SMILES string of the molecule is CO[C@H](CO)CC[C@H]1CC[C@]2(CC[C@H](Cc3ccc(O)cc3)C2)C[C@@]12CC#C[C@H]1NC(N)=N[C@H](C(C)C)CSSC[C@@H]1[C@H]1Cc3c4cc(c(c3O[C@@H]1O)OCN2)CC#Cc1c(ccc(O)c1OCO)CCC(=O)C[C@H](O)CC4. The number of hydrogen-bond acceptors (Lipinski definition) is 17. The number of carbonyl (C=O) groups excluding carboxylic acids is 1. The molecular weight excluding hydrogens is 1030 g/mol. The van der Waals surface area contributed by atoms with Gasteiger partial charge < -0.3 is 60.6 Å². The number of aliphatic hydroxyl groups excluding tert-OH is 4. The Hall–Kier alpha value is -4.82. The summed E-state index contributed by atoms with van der Waals surface area (Å²) in [5, 5.41) is 72.8. The van der Waals surface area contributed by atoms with Crippen molar-refractivity contribution in [1.29, 1.82) is 0 Å². The quantitative estimate of drug-likeness (QED) is 0.0560. The van der Waals surface area contributed by atoms with Crippen LogP contribution in [-0.2, 0) is 41.6 Å². The molecule has 10 rings (SSSR count). The number of nitrogens with zero attached hydrogens (tertiary/aromatic N) is 1. The van der Waals surface area contributed by atoms with Crippen LogP contribution in [0.5, 0.6) is 28.7 Å². The van der Waals surface area contributed by atoms with Crippen LogP contribution >= 0.6 is 21.6 Å². The number of aliphatic hydroxyl groups is 4. The molecule has 17 heteroatoms. The molecule has 15 nitrogen and oxygen atoms in total. The summed E-state index contributed by atoms with van der Waals surface area (Å²) in [4.78, 5) is 18.4. The molecule has 3 aromatic carbocycles. The highest BCUT2D eigenvalue weighted by Crippen LogP contribution is 2.58. The minimum absolute atomic E-state index is 0.0130. The van der Waals surface area contributed by atoms with E-state index in [4.69, 9.17) is 29.7 Å². The lowest BCUT2D eigenvalue weighted by Gasteiger charge is -2.52. The first-order valence-electron chi connectivity index (χ1n) is 28.1. The number of guanidine groups is 1. The summed E-state index contributed by atoms with van der Waals surface area (Å²) in [7, 11) is 5.15. The summed E-state index contributed by atoms with van der Waals surface area (Å²) in [6.45, 7) is 3.59. The number of nitrogens with one attached hydrogen (secondary N) is 2. The van der Waals surface area contributed by atoms with Crippen LogP contribution < -0.4 is 30.6 Å². The maximum absolute atomic E-state index is 13.4. The Balaban J connectivity index is 1.18. The van der Waals surface area contributed by atoms with E-state index in [0.717, 1.165) is 68.2 Å². The van der Waals surface area contributed by atoms with Gasteiger partial charge in [-0.25, -0.2) is 4.99 Å². The van der Waals surface area contributed by atoms with E-state index < -0.39 is 36.7 Å². The van der Waals surface area contributed by atoms with Crippen LogP contribution in [0.15, 0.2) is 47.5 Å². The molecule has 7 aliphatic rings. The van der Waals surface area contributed by atoms with Crippen molar-refractivity contribution in [2.24, 2.45) is 45.7 Å². The lowest BCUT2D eigenvalue weighted by molar-refractivity contribution is -0.121. The molecule has 2 spiro atoms. The molecule has 2 saturated carbocycles. The summed E-state index contributed by atoms with van der Waals surface area (Å²) >= 11 is 0. The normalized spacial score (nSPS) is 30.0. The van der Waals surface area contributed by atoms with Gasteiger partial charge >= 0.3 is 0 Å². The fraction of sp³-hybridized carbons (Fsp3) is 0.607. The van der Waals surface area contributed by atoms with Crippen molar-refractivity contribution in [3.8, 4) is 52.4 Å². The third-order valence-electron chi connectivity index (χ3n) is 17.7. The average molecular weight is 1110 g/mol. The zero-order valence-corrected chi connectivity index (χ0v) is 47.1. The number of benzene rings is 3. The molecule has 6 bridgehead atoms. The number of carbonyl (C=O) groups is 1. The second-order valence-corrected chi connectivity index (χ2v) is 25.7. The second kappa shape index (κ2) is 26.2. The maximum Gasteiger partial charge on any atom is 0.201 e. The van der Waals surface area contributed by atoms with Gasteiger partial charge in [-0.1, -0.05) is 83.4 Å². The molecule has 10 N–H and O–H groups in total. The van der Waals surface area contributed by atoms with Crippen LogP contribution in [0.3, 0.4) is 0 Å². The van der Waals surface area contributed by atoms with Gasteiger partial charge in [-0.3, -0.25) is 10.1 Å². The highest BCUT2D eigenvalue weighted by molar-refractivity contribution is 8.76. The number of aromatic hydroxyl groups is 2. The van der Waals surface area contributed by atoms with E-state index >= 15 is 0 Å². The minimum Gasteiger partial charge on any atom is -0.508 e. The van der Waals surface area contributed by atoms with Gasteiger partial charge in [0.05, 0.1) is 36.5 Å². The van der Waals surface area contributed by atoms with Crippen LogP contribution in [0, 0.1) is 58.7 Å². The van der Waals surface area contributed by atoms with Crippen molar-refractivity contribution in [2.75, 3.05) is 38.7 Å². The Labute approximate surface area is 468 Å². The Morgan fingerprint density at radius 1 is 0.936 bits per heavy atom. The monoisotopic (exact) mass is 1110 g/mol. The Kier molecular flexibility index (Phi) is 19.4. The number of phenolic OH excluding ortho intramolecular Hbond substituents is 2. The second-order valence-electron chi connectivity index (χ2n) is 23.2. The standard InChI is InChI=1S/C61H80N4O11S2/c1-37(2)53-33-78-77-32-51-50-29-49-41-12-18-46(70)28-45(69)17-11-40-13-20-54(71)56(75-36-67)48(40)7-4-6-42(27-41)55(57(49)76-58(50)72)74-35-63-61(23-5-8-52(51)64-59(62)65-53)34-60(25-22-43(61)14-19-47(31-66)73-3)24-21-39(30-60)26-38-9-15-44(68)16-10-38/h9-10,13,15-16,20,27,37,39,43,46-47,50-53,58,63,66-68,70-72H,6,11-12,14,17-19,21-26,28-36H2,1-3H3,(H3,62,64,65)/t39-,43+,46-,47+,50-,51-,52-,53+,58+,60+,61+/m1/s1. The van der Waals surface area contributed by atoms with Crippen molar-refractivity contribution in [2.45, 2.75) is 159 Å². The van der Waals surface area contributed by atoms with Gasteiger partial charge in [-0.2, -0.15) is 0 Å². The Bertz CT molecular complexity index is 2730. The number of Topliss-reactive ketones (excluding diaryl/α,β-unsaturated/α-hetero) is 1. The highest BCUT2D eigenvalue weighted by atomic mass is 33.1. The van der Waals surface area contributed by atoms with Gasteiger partial charge in [0.25, 0.3) is 0 Å². The molecule has 4 aliphatic heterocycles. The lowest BCUT2D eigenvalue weighted by atomic mass is 9.58. The van der Waals surface area contributed by atoms with Gasteiger partial charge in [-0.05, 0) is 142 Å². The first kappa shape index (κ1) is 57.9. The van der Waals surface area contributed by atoms with E-state index in [-0.39, 0.29) is 97.4 Å². The average Bonchev–Trinajstić information content (AvgIpc) is 3.96. The molecule has 2 fully saturated rings. The van der Waals surface area contributed by atoms with Crippen LogP contribution in [0.4, 0.5) is 0 Å². The van der Waals surface area contributed by atoms with E-state index in [2.05, 4.69) is 54.2 Å². The molecule has 0 radical (unpaired) electrons. The van der Waals surface area contributed by atoms with E-state index in [1.807, 2.05) is 12.1 Å². The van der Waals surface area contributed by atoms with Gasteiger partial charge in [0.1, 0.15) is 18.3 Å². The number of nitrogens with two attached hydrogens (primary N) is 1. The lowest BCUT2D eigenvalue weighted by Crippen LogP contribution is -2.58. The number of methoxy groups -OCH3 is 1. The Morgan fingerprint density at radius 3 is 2.53 bits per heavy atom. The van der Waals surface area contributed by atoms with Crippen LogP contribution in [0.2, 0.25) is 0 Å². The molecule has 11 atom stereocenters. The number of hydrogen-bond donors (Lipinski definition) is 9. The first-order valence-corrected chi connectivity index (χ1v) is 30.6. The number of fused-ring (bicyclic) bond motifs is 7. The van der Waals surface area contributed by atoms with Crippen LogP contribution in [-0.4, -0.2) is 117 Å². The van der Waals surface area contributed by atoms with Crippen molar-refractivity contribution >= 4 is 33.3 Å². The molecule has 0 amide bonds. The predicted octanol–water partition coefficient (Wildman–Crippen LogP) is 7.09. The number of ketones is 1. The third-order valence-corrected chi connectivity index (χ3v) is 20.2. The van der Waals surface area contributed by atoms with Crippen molar-refractivity contribution < 1.29 is 54.4 Å². The molecule has 3 aliphatic carbocycles. The molecule has 0 unspecified atom stereocenters. The van der Waals surface area contributed by atoms with E-state index in [1.54, 1.807) is 46.9 Å². The smallest absolute Gasteiger partial charge is 0.201 e. The van der Waals surface area contributed by atoms with Crippen LogP contribution in [0.25, 0.3) is 0 Å². The molecule has 3 aromatic rings. The molecule has 78 heavy (non-hydrogen) atoms. The van der Waals surface area contributed by atoms with Crippen molar-refractivity contribution in [3.05, 3.63) is 75.8 Å². The molecular formula is C61H80N4O11S2.